The Kier molecular flexibility index (Phi) is 4.90. The van der Waals surface area contributed by atoms with E-state index in [9.17, 15) is 4.79 Å². The molecule has 1 heterocycles. The van der Waals surface area contributed by atoms with Gasteiger partial charge in [-0.2, -0.15) is 0 Å². The lowest BCUT2D eigenvalue weighted by Gasteiger charge is -2.25. The van der Waals surface area contributed by atoms with Gasteiger partial charge in [-0.05, 0) is 25.3 Å². The predicted octanol–water partition coefficient (Wildman–Crippen LogP) is 3.49. The average Bonchev–Trinajstić information content (AvgIpc) is 2.59. The molecule has 0 bridgehead atoms. The molecule has 5 heteroatoms. The van der Waals surface area contributed by atoms with Crippen LogP contribution in [0.25, 0.3) is 0 Å². The standard InChI is InChI=1S/C10H13Cl2NOS/c1-7(2)13(5-4-11)10(14)9-8(12)3-6-15-9/h3,6-7H,4-5H2,1-2H3. The molecule has 84 valence electrons. The maximum absolute atomic E-state index is 12.1. The van der Waals surface area contributed by atoms with Crippen LogP contribution < -0.4 is 0 Å². The quantitative estimate of drug-likeness (QED) is 0.764. The molecule has 0 radical (unpaired) electrons. The second-order valence-corrected chi connectivity index (χ2v) is 5.08. The molecule has 0 atom stereocenters. The van der Waals surface area contributed by atoms with Crippen LogP contribution in [0.5, 0.6) is 0 Å². The molecule has 2 nitrogen and oxygen atoms in total. The first kappa shape index (κ1) is 12.8. The molecule has 0 aromatic carbocycles. The zero-order chi connectivity index (χ0) is 11.4. The van der Waals surface area contributed by atoms with Crippen LogP contribution in [0.1, 0.15) is 23.5 Å². The van der Waals surface area contributed by atoms with Crippen molar-refractivity contribution in [3.05, 3.63) is 21.3 Å². The van der Waals surface area contributed by atoms with Crippen molar-refractivity contribution in [3.8, 4) is 0 Å². The van der Waals surface area contributed by atoms with E-state index in [2.05, 4.69) is 0 Å². The summed E-state index contributed by atoms with van der Waals surface area (Å²) in [4.78, 5) is 14.4. The molecule has 0 saturated carbocycles. The highest BCUT2D eigenvalue weighted by atomic mass is 35.5. The Hall–Kier alpha value is -0.250. The van der Waals surface area contributed by atoms with E-state index in [-0.39, 0.29) is 11.9 Å². The molecule has 0 spiro atoms. The van der Waals surface area contributed by atoms with Gasteiger partial charge in [0, 0.05) is 18.5 Å². The van der Waals surface area contributed by atoms with E-state index < -0.39 is 0 Å². The van der Waals surface area contributed by atoms with Crippen LogP contribution >= 0.6 is 34.5 Å². The Balaban J connectivity index is 2.86. The molecule has 1 amide bonds. The van der Waals surface area contributed by atoms with Crippen molar-refractivity contribution in [1.82, 2.24) is 4.90 Å². The van der Waals surface area contributed by atoms with E-state index in [4.69, 9.17) is 23.2 Å². The van der Waals surface area contributed by atoms with E-state index in [1.165, 1.54) is 11.3 Å². The summed E-state index contributed by atoms with van der Waals surface area (Å²) in [5, 5.41) is 2.33. The van der Waals surface area contributed by atoms with Crippen molar-refractivity contribution < 1.29 is 4.79 Å². The Morgan fingerprint density at radius 2 is 2.27 bits per heavy atom. The zero-order valence-corrected chi connectivity index (χ0v) is 11.0. The van der Waals surface area contributed by atoms with E-state index in [1.54, 1.807) is 11.0 Å². The molecule has 0 aliphatic heterocycles. The van der Waals surface area contributed by atoms with Crippen molar-refractivity contribution >= 4 is 40.4 Å². The van der Waals surface area contributed by atoms with Crippen LogP contribution in [0, 0.1) is 0 Å². The van der Waals surface area contributed by atoms with Crippen LogP contribution in [0.15, 0.2) is 11.4 Å². The Morgan fingerprint density at radius 3 is 2.67 bits per heavy atom. The Bertz CT molecular complexity index is 338. The van der Waals surface area contributed by atoms with Gasteiger partial charge in [0.2, 0.25) is 0 Å². The molecule has 0 aliphatic rings. The molecule has 15 heavy (non-hydrogen) atoms. The van der Waals surface area contributed by atoms with Gasteiger partial charge >= 0.3 is 0 Å². The summed E-state index contributed by atoms with van der Waals surface area (Å²) < 4.78 is 0. The van der Waals surface area contributed by atoms with Gasteiger partial charge in [-0.3, -0.25) is 4.79 Å². The summed E-state index contributed by atoms with van der Waals surface area (Å²) in [5.74, 6) is 0.401. The highest BCUT2D eigenvalue weighted by Gasteiger charge is 2.21. The van der Waals surface area contributed by atoms with Crippen LogP contribution in [-0.4, -0.2) is 29.3 Å². The lowest BCUT2D eigenvalue weighted by Crippen LogP contribution is -2.38. The van der Waals surface area contributed by atoms with Gasteiger partial charge in [-0.15, -0.1) is 22.9 Å². The third-order valence-electron chi connectivity index (χ3n) is 2.02. The first-order valence-corrected chi connectivity index (χ1v) is 6.47. The van der Waals surface area contributed by atoms with Crippen molar-refractivity contribution in [2.24, 2.45) is 0 Å². The van der Waals surface area contributed by atoms with E-state index in [1.807, 2.05) is 19.2 Å². The van der Waals surface area contributed by atoms with Crippen molar-refractivity contribution in [2.45, 2.75) is 19.9 Å². The highest BCUT2D eigenvalue weighted by Crippen LogP contribution is 2.24. The zero-order valence-electron chi connectivity index (χ0n) is 8.67. The summed E-state index contributed by atoms with van der Waals surface area (Å²) in [7, 11) is 0. The van der Waals surface area contributed by atoms with Crippen LogP contribution in [0.4, 0.5) is 0 Å². The smallest absolute Gasteiger partial charge is 0.265 e. The van der Waals surface area contributed by atoms with Gasteiger partial charge in [0.25, 0.3) is 5.91 Å². The summed E-state index contributed by atoms with van der Waals surface area (Å²) in [5.41, 5.74) is 0. The maximum atomic E-state index is 12.1. The second kappa shape index (κ2) is 5.73. The Morgan fingerprint density at radius 1 is 1.60 bits per heavy atom. The molecule has 0 fully saturated rings. The first-order valence-electron chi connectivity index (χ1n) is 4.67. The monoisotopic (exact) mass is 265 g/mol. The van der Waals surface area contributed by atoms with Gasteiger partial charge in [-0.1, -0.05) is 11.6 Å². The number of carbonyl (C=O) groups excluding carboxylic acids is 1. The van der Waals surface area contributed by atoms with Gasteiger partial charge < -0.3 is 4.90 Å². The molecule has 1 aromatic rings. The van der Waals surface area contributed by atoms with E-state index in [0.717, 1.165) is 0 Å². The number of hydrogen-bond acceptors (Lipinski definition) is 2. The molecular weight excluding hydrogens is 253 g/mol. The molecule has 0 aliphatic carbocycles. The molecule has 0 N–H and O–H groups in total. The molecule has 1 aromatic heterocycles. The lowest BCUT2D eigenvalue weighted by atomic mass is 10.3. The molecule has 1 rings (SSSR count). The van der Waals surface area contributed by atoms with Gasteiger partial charge in [-0.25, -0.2) is 0 Å². The predicted molar refractivity (Wildman–Crippen MR) is 66.2 cm³/mol. The number of rotatable bonds is 4. The fourth-order valence-electron chi connectivity index (χ4n) is 1.26. The molecule has 0 unspecified atom stereocenters. The first-order chi connectivity index (χ1) is 7.07. The number of nitrogens with zero attached hydrogens (tertiary/aromatic N) is 1. The topological polar surface area (TPSA) is 20.3 Å². The van der Waals surface area contributed by atoms with Crippen molar-refractivity contribution in [3.63, 3.8) is 0 Å². The van der Waals surface area contributed by atoms with E-state index >= 15 is 0 Å². The van der Waals surface area contributed by atoms with E-state index in [0.29, 0.717) is 22.3 Å². The van der Waals surface area contributed by atoms with Crippen molar-refractivity contribution in [1.29, 1.82) is 0 Å². The molecular formula is C10H13Cl2NOS. The minimum absolute atomic E-state index is 0.0364. The Labute approximate surface area is 104 Å². The van der Waals surface area contributed by atoms with Crippen molar-refractivity contribution in [2.75, 3.05) is 12.4 Å². The largest absolute Gasteiger partial charge is 0.334 e. The number of thiophene rings is 1. The van der Waals surface area contributed by atoms with Gasteiger partial charge in [0.1, 0.15) is 4.88 Å². The van der Waals surface area contributed by atoms with Gasteiger partial charge in [0.05, 0.1) is 5.02 Å². The normalized spacial score (nSPS) is 10.7. The number of alkyl halides is 1. The fourth-order valence-corrected chi connectivity index (χ4v) is 2.54. The van der Waals surface area contributed by atoms with Crippen LogP contribution in [0.3, 0.4) is 0 Å². The maximum Gasteiger partial charge on any atom is 0.265 e. The van der Waals surface area contributed by atoms with Crippen LogP contribution in [0.2, 0.25) is 5.02 Å². The fraction of sp³-hybridized carbons (Fsp3) is 0.500. The third-order valence-corrected chi connectivity index (χ3v) is 3.52. The summed E-state index contributed by atoms with van der Waals surface area (Å²) >= 11 is 12.9. The SMILES string of the molecule is CC(C)N(CCCl)C(=O)c1sccc1Cl. The lowest BCUT2D eigenvalue weighted by molar-refractivity contribution is 0.0723. The minimum Gasteiger partial charge on any atom is -0.334 e. The molecule has 0 saturated heterocycles. The number of halogens is 2. The third kappa shape index (κ3) is 3.10. The average molecular weight is 266 g/mol. The number of carbonyl (C=O) groups is 1. The summed E-state index contributed by atoms with van der Waals surface area (Å²) in [6.07, 6.45) is 0. The minimum atomic E-state index is -0.0364. The highest BCUT2D eigenvalue weighted by molar-refractivity contribution is 7.12. The van der Waals surface area contributed by atoms with Gasteiger partial charge in [0.15, 0.2) is 0 Å². The number of hydrogen-bond donors (Lipinski definition) is 0. The second-order valence-electron chi connectivity index (χ2n) is 3.38. The summed E-state index contributed by atoms with van der Waals surface area (Å²) in [6, 6.07) is 1.87. The number of amides is 1. The van der Waals surface area contributed by atoms with Crippen LogP contribution in [-0.2, 0) is 0 Å². The summed E-state index contributed by atoms with van der Waals surface area (Å²) in [6.45, 7) is 4.48.